The van der Waals surface area contributed by atoms with Gasteiger partial charge in [0.25, 0.3) is 0 Å². The third-order valence-corrected chi connectivity index (χ3v) is 3.19. The molecule has 110 valence electrons. The Morgan fingerprint density at radius 1 is 1.62 bits per heavy atom. The first kappa shape index (κ1) is 14.5. The number of halogens is 1. The maximum atomic E-state index is 13.7. The first-order chi connectivity index (χ1) is 9.93. The molecule has 0 spiro atoms. The van der Waals surface area contributed by atoms with Gasteiger partial charge in [-0.2, -0.15) is 4.39 Å². The molecule has 1 atom stereocenters. The standard InChI is InChI=1S/C11H11FN6O3/c12-7-2-10(8(13)3-9(7)18(20)21)17-5-6(1-11(17)19)4-15-16-14/h2-3,6H,1,4-5,13H2. The number of hydrogen-bond acceptors (Lipinski definition) is 5. The van der Waals surface area contributed by atoms with Gasteiger partial charge in [-0.15, -0.1) is 0 Å². The van der Waals surface area contributed by atoms with Crippen LogP contribution in [0.4, 0.5) is 21.5 Å². The van der Waals surface area contributed by atoms with Crippen LogP contribution in [0.1, 0.15) is 6.42 Å². The van der Waals surface area contributed by atoms with E-state index in [1.54, 1.807) is 0 Å². The van der Waals surface area contributed by atoms with E-state index in [1.165, 1.54) is 4.90 Å². The monoisotopic (exact) mass is 294 g/mol. The number of nitrogens with zero attached hydrogens (tertiary/aromatic N) is 5. The number of rotatable bonds is 4. The molecule has 1 saturated heterocycles. The third-order valence-electron chi connectivity index (χ3n) is 3.19. The third kappa shape index (κ3) is 2.84. The average molecular weight is 294 g/mol. The van der Waals surface area contributed by atoms with Crippen LogP contribution in [0.5, 0.6) is 0 Å². The van der Waals surface area contributed by atoms with E-state index in [4.69, 9.17) is 11.3 Å². The van der Waals surface area contributed by atoms with E-state index >= 15 is 0 Å². The number of nitrogen functional groups attached to an aromatic ring is 1. The molecular formula is C11H11FN6O3. The van der Waals surface area contributed by atoms with E-state index in [2.05, 4.69) is 10.0 Å². The van der Waals surface area contributed by atoms with Gasteiger partial charge in [-0.05, 0) is 11.4 Å². The topological polar surface area (TPSA) is 138 Å². The fraction of sp³-hybridized carbons (Fsp3) is 0.364. The molecule has 1 aromatic carbocycles. The van der Waals surface area contributed by atoms with Gasteiger partial charge in [0.05, 0.1) is 16.3 Å². The molecule has 1 aliphatic heterocycles. The minimum absolute atomic E-state index is 0.0547. The maximum absolute atomic E-state index is 13.7. The van der Waals surface area contributed by atoms with Crippen molar-refractivity contribution < 1.29 is 14.1 Å². The lowest BCUT2D eigenvalue weighted by atomic mass is 10.1. The predicted molar refractivity (Wildman–Crippen MR) is 71.9 cm³/mol. The molecule has 1 heterocycles. The molecule has 0 saturated carbocycles. The highest BCUT2D eigenvalue weighted by Gasteiger charge is 2.32. The van der Waals surface area contributed by atoms with Crippen LogP contribution < -0.4 is 10.6 Å². The Bertz CT molecular complexity index is 658. The molecule has 21 heavy (non-hydrogen) atoms. The van der Waals surface area contributed by atoms with Crippen LogP contribution in [0.25, 0.3) is 10.4 Å². The smallest absolute Gasteiger partial charge is 0.306 e. The van der Waals surface area contributed by atoms with Crippen LogP contribution in [0.3, 0.4) is 0 Å². The molecule has 10 heteroatoms. The zero-order valence-electron chi connectivity index (χ0n) is 10.8. The van der Waals surface area contributed by atoms with E-state index in [1.807, 2.05) is 0 Å². The minimum atomic E-state index is -1.06. The van der Waals surface area contributed by atoms with Gasteiger partial charge in [0, 0.05) is 36.6 Å². The lowest BCUT2D eigenvalue weighted by molar-refractivity contribution is -0.387. The number of carbonyl (C=O) groups excluding carboxylic acids is 1. The van der Waals surface area contributed by atoms with E-state index < -0.39 is 16.4 Å². The zero-order chi connectivity index (χ0) is 15.6. The molecule has 0 aliphatic carbocycles. The van der Waals surface area contributed by atoms with Gasteiger partial charge >= 0.3 is 5.69 Å². The quantitative estimate of drug-likeness (QED) is 0.226. The summed E-state index contributed by atoms with van der Waals surface area (Å²) in [7, 11) is 0. The van der Waals surface area contributed by atoms with Crippen molar-refractivity contribution in [2.24, 2.45) is 11.0 Å². The van der Waals surface area contributed by atoms with Crippen molar-refractivity contribution >= 4 is 23.0 Å². The lowest BCUT2D eigenvalue weighted by Crippen LogP contribution is -2.26. The summed E-state index contributed by atoms with van der Waals surface area (Å²) in [6, 6.07) is 1.76. The largest absolute Gasteiger partial charge is 0.397 e. The van der Waals surface area contributed by atoms with E-state index in [-0.39, 0.29) is 42.7 Å². The van der Waals surface area contributed by atoms with Crippen molar-refractivity contribution in [1.82, 2.24) is 0 Å². The van der Waals surface area contributed by atoms with Gasteiger partial charge in [-0.3, -0.25) is 14.9 Å². The van der Waals surface area contributed by atoms with Crippen LogP contribution in [0, 0.1) is 21.8 Å². The summed E-state index contributed by atoms with van der Waals surface area (Å²) in [6.45, 7) is 0.368. The molecule has 1 aliphatic rings. The molecule has 1 aromatic rings. The number of anilines is 2. The highest BCUT2D eigenvalue weighted by atomic mass is 19.1. The molecule has 0 radical (unpaired) electrons. The number of nitrogens with two attached hydrogens (primary N) is 1. The lowest BCUT2D eigenvalue weighted by Gasteiger charge is -2.18. The fourth-order valence-corrected chi connectivity index (χ4v) is 2.23. The van der Waals surface area contributed by atoms with Gasteiger partial charge in [0.15, 0.2) is 0 Å². The van der Waals surface area contributed by atoms with Crippen LogP contribution in [-0.4, -0.2) is 23.9 Å². The average Bonchev–Trinajstić information content (AvgIpc) is 2.79. The summed E-state index contributed by atoms with van der Waals surface area (Å²) < 4.78 is 13.7. The second-order valence-corrected chi connectivity index (χ2v) is 4.61. The van der Waals surface area contributed by atoms with Gasteiger partial charge in [-0.1, -0.05) is 5.11 Å². The summed E-state index contributed by atoms with van der Waals surface area (Å²) in [4.78, 5) is 25.5. The fourth-order valence-electron chi connectivity index (χ4n) is 2.23. The summed E-state index contributed by atoms with van der Waals surface area (Å²) >= 11 is 0. The maximum Gasteiger partial charge on any atom is 0.306 e. The van der Waals surface area contributed by atoms with Crippen molar-refractivity contribution in [1.29, 1.82) is 0 Å². The number of carbonyl (C=O) groups is 1. The van der Waals surface area contributed by atoms with Gasteiger partial charge in [0.2, 0.25) is 11.7 Å². The van der Waals surface area contributed by atoms with Gasteiger partial charge in [0.1, 0.15) is 0 Å². The van der Waals surface area contributed by atoms with Gasteiger partial charge < -0.3 is 10.6 Å². The van der Waals surface area contributed by atoms with Crippen molar-refractivity contribution in [2.45, 2.75) is 6.42 Å². The number of azide groups is 1. The highest BCUT2D eigenvalue weighted by molar-refractivity contribution is 5.98. The first-order valence-electron chi connectivity index (χ1n) is 5.98. The van der Waals surface area contributed by atoms with Crippen LogP contribution in [0.2, 0.25) is 0 Å². The van der Waals surface area contributed by atoms with Crippen LogP contribution in [-0.2, 0) is 4.79 Å². The molecule has 2 rings (SSSR count). The van der Waals surface area contributed by atoms with Crippen molar-refractivity contribution in [3.05, 3.63) is 38.5 Å². The number of amides is 1. The Labute approximate surface area is 117 Å². The number of hydrogen-bond donors (Lipinski definition) is 1. The Hall–Kier alpha value is -2.87. The Morgan fingerprint density at radius 3 is 2.95 bits per heavy atom. The molecule has 1 fully saturated rings. The number of nitro benzene ring substituents is 1. The number of benzene rings is 1. The Kier molecular flexibility index (Phi) is 3.90. The minimum Gasteiger partial charge on any atom is -0.397 e. The summed E-state index contributed by atoms with van der Waals surface area (Å²) in [5.74, 6) is -1.55. The van der Waals surface area contributed by atoms with Crippen LogP contribution in [0.15, 0.2) is 17.2 Å². The Morgan fingerprint density at radius 2 is 2.33 bits per heavy atom. The summed E-state index contributed by atoms with van der Waals surface area (Å²) in [5, 5.41) is 14.0. The summed E-state index contributed by atoms with van der Waals surface area (Å²) in [6.07, 6.45) is 0.150. The molecule has 0 aromatic heterocycles. The van der Waals surface area contributed by atoms with E-state index in [9.17, 15) is 19.3 Å². The predicted octanol–water partition coefficient (Wildman–Crippen LogP) is 1.98. The molecular weight excluding hydrogens is 283 g/mol. The van der Waals surface area contributed by atoms with Crippen molar-refractivity contribution in [2.75, 3.05) is 23.7 Å². The zero-order valence-corrected chi connectivity index (χ0v) is 10.8. The molecule has 9 nitrogen and oxygen atoms in total. The van der Waals surface area contributed by atoms with E-state index in [0.29, 0.717) is 0 Å². The normalized spacial score (nSPS) is 17.7. The Balaban J connectivity index is 2.30. The molecule has 1 unspecified atom stereocenters. The first-order valence-corrected chi connectivity index (χ1v) is 5.98. The highest BCUT2D eigenvalue weighted by Crippen LogP contribution is 2.34. The van der Waals surface area contributed by atoms with Crippen molar-refractivity contribution in [3.63, 3.8) is 0 Å². The number of nitro groups is 1. The summed E-state index contributed by atoms with van der Waals surface area (Å²) in [5.41, 5.74) is 13.2. The van der Waals surface area contributed by atoms with Crippen molar-refractivity contribution in [3.8, 4) is 0 Å². The second kappa shape index (κ2) is 5.63. The SMILES string of the molecule is [N-]=[N+]=NCC1CC(=O)N(c2cc(F)c([N+](=O)[O-])cc2N)C1. The van der Waals surface area contributed by atoms with Gasteiger partial charge in [-0.25, -0.2) is 0 Å². The molecule has 2 N–H and O–H groups in total. The molecule has 0 bridgehead atoms. The van der Waals surface area contributed by atoms with E-state index in [0.717, 1.165) is 12.1 Å². The molecule has 1 amide bonds. The second-order valence-electron chi connectivity index (χ2n) is 4.61. The van der Waals surface area contributed by atoms with Crippen LogP contribution >= 0.6 is 0 Å².